The third kappa shape index (κ3) is 2.80. The first kappa shape index (κ1) is 17.2. The Kier molecular flexibility index (Phi) is 4.27. The van der Waals surface area contributed by atoms with Gasteiger partial charge in [-0.05, 0) is 12.5 Å². The van der Waals surface area contributed by atoms with E-state index in [1.165, 1.54) is 0 Å². The van der Waals surface area contributed by atoms with E-state index in [0.29, 0.717) is 12.0 Å². The van der Waals surface area contributed by atoms with Gasteiger partial charge in [0.05, 0.1) is 6.42 Å². The number of ketones is 1. The van der Waals surface area contributed by atoms with E-state index in [9.17, 15) is 13.6 Å². The van der Waals surface area contributed by atoms with Crippen molar-refractivity contribution in [3.63, 3.8) is 0 Å². The lowest BCUT2D eigenvalue weighted by molar-refractivity contribution is 0.0193. The number of Topliss-reactive ketones (excluding diaryl/α,β-unsaturated/α-hetero) is 1. The monoisotopic (exact) mass is 375 g/mol. The average molecular weight is 376 g/mol. The summed E-state index contributed by atoms with van der Waals surface area (Å²) in [6, 6.07) is 15.2. The second-order valence-corrected chi connectivity index (χ2v) is 6.98. The van der Waals surface area contributed by atoms with Gasteiger partial charge in [-0.25, -0.2) is 13.8 Å². The molecule has 1 aliphatic carbocycles. The molecule has 1 saturated carbocycles. The molecule has 4 rings (SSSR count). The normalized spacial score (nSPS) is 26.7. The van der Waals surface area contributed by atoms with Gasteiger partial charge in [-0.3, -0.25) is 4.79 Å². The fourth-order valence-corrected chi connectivity index (χ4v) is 3.86. The number of halogens is 3. The lowest BCUT2D eigenvalue weighted by atomic mass is 9.84. The number of carbonyl (C=O) groups excluding carboxylic acids is 1. The second kappa shape index (κ2) is 6.47. The molecule has 0 aromatic heterocycles. The van der Waals surface area contributed by atoms with Crippen LogP contribution in [0.4, 0.5) is 8.78 Å². The quantitative estimate of drug-likeness (QED) is 0.698. The maximum Gasteiger partial charge on any atom is 0.268 e. The van der Waals surface area contributed by atoms with E-state index in [4.69, 9.17) is 16.3 Å². The Bertz CT molecular complexity index is 871. The summed E-state index contributed by atoms with van der Waals surface area (Å²) in [5, 5.41) is 0.248. The zero-order valence-corrected chi connectivity index (χ0v) is 14.5. The average Bonchev–Trinajstić information content (AvgIpc) is 3.42. The predicted molar refractivity (Wildman–Crippen MR) is 94.9 cm³/mol. The smallest absolute Gasteiger partial charge is 0.268 e. The summed E-state index contributed by atoms with van der Waals surface area (Å²) >= 11 is 6.21. The number of carbonyl (C=O) groups is 1. The van der Waals surface area contributed by atoms with E-state index in [1.54, 1.807) is 54.6 Å². The van der Waals surface area contributed by atoms with E-state index in [2.05, 4.69) is 4.99 Å². The van der Waals surface area contributed by atoms with Crippen LogP contribution >= 0.6 is 11.6 Å². The van der Waals surface area contributed by atoms with Gasteiger partial charge < -0.3 is 4.74 Å². The number of ether oxygens (including phenoxy) is 1. The second-order valence-electron chi connectivity index (χ2n) is 6.58. The number of alkyl halides is 2. The first-order chi connectivity index (χ1) is 12.5. The van der Waals surface area contributed by atoms with Crippen LogP contribution in [0, 0.1) is 5.92 Å². The maximum atomic E-state index is 14.2. The number of benzene rings is 2. The SMILES string of the molecule is O=C(CC1=N[C@@](c2ccccc2Cl)(C(F)F)[C@H]2C[C@H]2O1)c1ccccc1. The zero-order valence-electron chi connectivity index (χ0n) is 13.7. The van der Waals surface area contributed by atoms with Crippen molar-refractivity contribution in [2.75, 3.05) is 0 Å². The van der Waals surface area contributed by atoms with Crippen molar-refractivity contribution in [2.45, 2.75) is 30.9 Å². The standard InChI is InChI=1S/C20H16ClF2NO2/c21-15-9-5-4-8-13(15)20(19(22)23)14-10-17(14)26-18(24-20)11-16(25)12-6-2-1-3-7-12/h1-9,14,17,19H,10-11H2/t14-,17+,20+/m0/s1. The lowest BCUT2D eigenvalue weighted by Crippen LogP contribution is -2.41. The van der Waals surface area contributed by atoms with Crippen LogP contribution < -0.4 is 0 Å². The molecule has 2 aliphatic rings. The molecule has 0 N–H and O–H groups in total. The molecular formula is C20H16ClF2NO2. The van der Waals surface area contributed by atoms with Crippen LogP contribution in [0.3, 0.4) is 0 Å². The Labute approximate surface area is 154 Å². The molecule has 3 atom stereocenters. The van der Waals surface area contributed by atoms with Crippen molar-refractivity contribution in [3.8, 4) is 0 Å². The fourth-order valence-electron chi connectivity index (χ4n) is 3.57. The number of rotatable bonds is 5. The van der Waals surface area contributed by atoms with E-state index in [1.807, 2.05) is 0 Å². The summed E-state index contributed by atoms with van der Waals surface area (Å²) in [7, 11) is 0. The summed E-state index contributed by atoms with van der Waals surface area (Å²) in [4.78, 5) is 16.7. The van der Waals surface area contributed by atoms with Crippen LogP contribution in [0.2, 0.25) is 5.02 Å². The van der Waals surface area contributed by atoms with Gasteiger partial charge in [0.2, 0.25) is 0 Å². The Balaban J connectivity index is 1.72. The van der Waals surface area contributed by atoms with Crippen molar-refractivity contribution in [1.29, 1.82) is 0 Å². The number of fused-ring (bicyclic) bond motifs is 1. The van der Waals surface area contributed by atoms with Gasteiger partial charge in [0, 0.05) is 22.1 Å². The Morgan fingerprint density at radius 2 is 1.88 bits per heavy atom. The Morgan fingerprint density at radius 1 is 1.19 bits per heavy atom. The van der Waals surface area contributed by atoms with E-state index < -0.39 is 17.9 Å². The van der Waals surface area contributed by atoms with Crippen LogP contribution in [0.5, 0.6) is 0 Å². The largest absolute Gasteiger partial charge is 0.477 e. The summed E-state index contributed by atoms with van der Waals surface area (Å²) in [5.41, 5.74) is -0.970. The maximum absolute atomic E-state index is 14.2. The van der Waals surface area contributed by atoms with Gasteiger partial charge in [0.15, 0.2) is 17.2 Å². The van der Waals surface area contributed by atoms with Crippen LogP contribution in [-0.4, -0.2) is 24.2 Å². The summed E-state index contributed by atoms with van der Waals surface area (Å²) in [6.45, 7) is 0. The van der Waals surface area contributed by atoms with E-state index in [0.717, 1.165) is 0 Å². The number of hydrogen-bond donors (Lipinski definition) is 0. The molecule has 6 heteroatoms. The molecule has 0 bridgehead atoms. The predicted octanol–water partition coefficient (Wildman–Crippen LogP) is 4.89. The molecule has 1 heterocycles. The summed E-state index contributed by atoms with van der Waals surface area (Å²) in [6.07, 6.45) is -2.77. The summed E-state index contributed by atoms with van der Waals surface area (Å²) in [5.74, 6) is -0.596. The molecule has 134 valence electrons. The van der Waals surface area contributed by atoms with Crippen molar-refractivity contribution in [2.24, 2.45) is 10.9 Å². The molecule has 3 nitrogen and oxygen atoms in total. The fraction of sp³-hybridized carbons (Fsp3) is 0.300. The molecule has 0 spiro atoms. The van der Waals surface area contributed by atoms with Crippen LogP contribution in [0.25, 0.3) is 0 Å². The highest BCUT2D eigenvalue weighted by Crippen LogP contribution is 2.57. The molecule has 0 radical (unpaired) electrons. The van der Waals surface area contributed by atoms with Crippen LogP contribution in [-0.2, 0) is 10.3 Å². The highest BCUT2D eigenvalue weighted by molar-refractivity contribution is 6.31. The molecule has 1 aliphatic heterocycles. The Morgan fingerprint density at radius 3 is 2.58 bits per heavy atom. The molecule has 26 heavy (non-hydrogen) atoms. The zero-order chi connectivity index (χ0) is 18.3. The highest BCUT2D eigenvalue weighted by Gasteiger charge is 2.64. The molecular weight excluding hydrogens is 360 g/mol. The van der Waals surface area contributed by atoms with Gasteiger partial charge in [0.25, 0.3) is 6.43 Å². The lowest BCUT2D eigenvalue weighted by Gasteiger charge is -2.34. The number of aliphatic imine (C=N–C) groups is 1. The molecule has 0 saturated heterocycles. The minimum Gasteiger partial charge on any atom is -0.477 e. The van der Waals surface area contributed by atoms with Gasteiger partial charge in [0.1, 0.15) is 6.10 Å². The molecule has 2 aromatic rings. The Hall–Kier alpha value is -2.27. The number of nitrogens with zero attached hydrogens (tertiary/aromatic N) is 1. The molecule has 1 fully saturated rings. The first-order valence-electron chi connectivity index (χ1n) is 8.39. The minimum absolute atomic E-state index is 0.0535. The van der Waals surface area contributed by atoms with Crippen molar-refractivity contribution < 1.29 is 18.3 Å². The minimum atomic E-state index is -2.75. The van der Waals surface area contributed by atoms with Gasteiger partial charge in [-0.15, -0.1) is 0 Å². The third-order valence-corrected chi connectivity index (χ3v) is 5.27. The first-order valence-corrected chi connectivity index (χ1v) is 8.77. The molecule has 0 amide bonds. The van der Waals surface area contributed by atoms with Crippen LogP contribution in [0.15, 0.2) is 59.6 Å². The van der Waals surface area contributed by atoms with E-state index >= 15 is 0 Å². The molecule has 2 aromatic carbocycles. The van der Waals surface area contributed by atoms with Crippen LogP contribution in [0.1, 0.15) is 28.8 Å². The van der Waals surface area contributed by atoms with Crippen molar-refractivity contribution in [1.82, 2.24) is 0 Å². The van der Waals surface area contributed by atoms with Gasteiger partial charge >= 0.3 is 0 Å². The van der Waals surface area contributed by atoms with Gasteiger partial charge in [-0.1, -0.05) is 60.1 Å². The highest BCUT2D eigenvalue weighted by atomic mass is 35.5. The molecule has 0 unspecified atom stereocenters. The number of hydrogen-bond acceptors (Lipinski definition) is 3. The third-order valence-electron chi connectivity index (χ3n) is 4.94. The van der Waals surface area contributed by atoms with Crippen molar-refractivity contribution >= 4 is 23.3 Å². The van der Waals surface area contributed by atoms with Crippen molar-refractivity contribution in [3.05, 3.63) is 70.7 Å². The topological polar surface area (TPSA) is 38.7 Å². The van der Waals surface area contributed by atoms with Gasteiger partial charge in [-0.2, -0.15) is 0 Å². The van der Waals surface area contributed by atoms with E-state index in [-0.39, 0.29) is 34.8 Å². The summed E-state index contributed by atoms with van der Waals surface area (Å²) < 4.78 is 34.2.